The SMILES string of the molecule is CCOc1ccc(-c2noc(-c3ccc(CS(=O)(=O)Cc4ccccc4F)o3)n2)cc1. The fourth-order valence-corrected chi connectivity index (χ4v) is 4.40. The zero-order valence-electron chi connectivity index (χ0n) is 16.6. The van der Waals surface area contributed by atoms with E-state index in [1.807, 2.05) is 19.1 Å². The number of benzene rings is 2. The van der Waals surface area contributed by atoms with Gasteiger partial charge in [0, 0.05) is 11.1 Å². The summed E-state index contributed by atoms with van der Waals surface area (Å²) in [5, 5.41) is 3.94. The van der Waals surface area contributed by atoms with Crippen molar-refractivity contribution < 1.29 is 26.5 Å². The predicted octanol–water partition coefficient (Wildman–Crippen LogP) is 4.65. The number of halogens is 1. The lowest BCUT2D eigenvalue weighted by molar-refractivity contribution is 0.340. The number of hydrogen-bond acceptors (Lipinski definition) is 7. The quantitative estimate of drug-likeness (QED) is 0.392. The minimum absolute atomic E-state index is 0.117. The van der Waals surface area contributed by atoms with Crippen molar-refractivity contribution >= 4 is 9.84 Å². The lowest BCUT2D eigenvalue weighted by atomic mass is 10.2. The lowest BCUT2D eigenvalue weighted by Crippen LogP contribution is -2.08. The number of hydrogen-bond donors (Lipinski definition) is 0. The number of nitrogens with zero attached hydrogens (tertiary/aromatic N) is 2. The van der Waals surface area contributed by atoms with E-state index in [2.05, 4.69) is 10.1 Å². The number of sulfone groups is 1. The van der Waals surface area contributed by atoms with Crippen molar-refractivity contribution in [3.63, 3.8) is 0 Å². The number of rotatable bonds is 8. The van der Waals surface area contributed by atoms with Gasteiger partial charge in [0.25, 0.3) is 5.89 Å². The number of furan rings is 1. The highest BCUT2D eigenvalue weighted by molar-refractivity contribution is 7.89. The van der Waals surface area contributed by atoms with Crippen LogP contribution >= 0.6 is 0 Å². The average molecular weight is 442 g/mol. The van der Waals surface area contributed by atoms with E-state index in [1.54, 1.807) is 24.3 Å². The fraction of sp³-hybridized carbons (Fsp3) is 0.182. The highest BCUT2D eigenvalue weighted by atomic mass is 32.2. The standard InChI is InChI=1S/C22H19FN2O5S/c1-2-28-17-9-7-15(8-10-17)21-24-22(30-25-21)20-12-11-18(29-20)14-31(26,27)13-16-5-3-4-6-19(16)23/h3-12H,2,13-14H2,1H3. The molecule has 0 amide bonds. The molecule has 0 N–H and O–H groups in total. The van der Waals surface area contributed by atoms with Gasteiger partial charge in [0.15, 0.2) is 15.6 Å². The summed E-state index contributed by atoms with van der Waals surface area (Å²) in [5.74, 6) is 0.332. The van der Waals surface area contributed by atoms with Crippen LogP contribution in [0.3, 0.4) is 0 Å². The molecule has 0 aliphatic heterocycles. The van der Waals surface area contributed by atoms with Crippen molar-refractivity contribution in [3.05, 3.63) is 77.8 Å². The summed E-state index contributed by atoms with van der Waals surface area (Å²) in [6, 6.07) is 16.1. The molecule has 0 saturated heterocycles. The van der Waals surface area contributed by atoms with Crippen LogP contribution in [0.25, 0.3) is 23.0 Å². The van der Waals surface area contributed by atoms with Crippen LogP contribution in [0.4, 0.5) is 4.39 Å². The predicted molar refractivity (Wildman–Crippen MR) is 111 cm³/mol. The minimum atomic E-state index is -3.64. The molecule has 0 unspecified atom stereocenters. The molecule has 0 fully saturated rings. The van der Waals surface area contributed by atoms with Gasteiger partial charge in [0.05, 0.1) is 12.4 Å². The molecular weight excluding hydrogens is 423 g/mol. The van der Waals surface area contributed by atoms with Gasteiger partial charge < -0.3 is 13.7 Å². The Morgan fingerprint density at radius 2 is 1.77 bits per heavy atom. The molecule has 160 valence electrons. The Bertz CT molecular complexity index is 1280. The smallest absolute Gasteiger partial charge is 0.293 e. The molecule has 7 nitrogen and oxygen atoms in total. The molecule has 0 bridgehead atoms. The highest BCUT2D eigenvalue weighted by Crippen LogP contribution is 2.26. The number of aromatic nitrogens is 2. The van der Waals surface area contributed by atoms with Crippen molar-refractivity contribution in [2.45, 2.75) is 18.4 Å². The minimum Gasteiger partial charge on any atom is -0.494 e. The third-order valence-corrected chi connectivity index (χ3v) is 5.89. The van der Waals surface area contributed by atoms with E-state index in [9.17, 15) is 12.8 Å². The molecule has 0 spiro atoms. The molecular formula is C22H19FN2O5S. The third-order valence-electron chi connectivity index (χ3n) is 4.42. The highest BCUT2D eigenvalue weighted by Gasteiger charge is 2.20. The summed E-state index contributed by atoms with van der Waals surface area (Å²) < 4.78 is 54.9. The Morgan fingerprint density at radius 1 is 1.00 bits per heavy atom. The van der Waals surface area contributed by atoms with Crippen LogP contribution in [-0.2, 0) is 21.3 Å². The van der Waals surface area contributed by atoms with Crippen LogP contribution in [0.15, 0.2) is 69.6 Å². The second-order valence-electron chi connectivity index (χ2n) is 6.77. The van der Waals surface area contributed by atoms with Crippen molar-refractivity contribution in [2.75, 3.05) is 6.61 Å². The molecule has 2 aromatic carbocycles. The maximum atomic E-state index is 13.8. The topological polar surface area (TPSA) is 95.4 Å². The molecule has 0 radical (unpaired) electrons. The summed E-state index contributed by atoms with van der Waals surface area (Å²) in [6.45, 7) is 2.48. The van der Waals surface area contributed by atoms with Crippen LogP contribution in [0.1, 0.15) is 18.2 Å². The van der Waals surface area contributed by atoms with Crippen molar-refractivity contribution in [1.82, 2.24) is 10.1 Å². The maximum Gasteiger partial charge on any atom is 0.293 e. The van der Waals surface area contributed by atoms with Crippen LogP contribution in [-0.4, -0.2) is 25.2 Å². The van der Waals surface area contributed by atoms with Gasteiger partial charge in [-0.2, -0.15) is 4.98 Å². The molecule has 0 atom stereocenters. The first-order chi connectivity index (χ1) is 14.9. The zero-order valence-corrected chi connectivity index (χ0v) is 17.4. The second kappa shape index (κ2) is 8.73. The normalized spacial score (nSPS) is 11.5. The first-order valence-electron chi connectivity index (χ1n) is 9.53. The van der Waals surface area contributed by atoms with Crippen LogP contribution in [0, 0.1) is 5.82 Å². The third kappa shape index (κ3) is 5.00. The van der Waals surface area contributed by atoms with Crippen LogP contribution in [0.2, 0.25) is 0 Å². The molecule has 0 saturated carbocycles. The van der Waals surface area contributed by atoms with Gasteiger partial charge in [0.2, 0.25) is 5.82 Å². The average Bonchev–Trinajstić information content (AvgIpc) is 3.40. The molecule has 0 aliphatic rings. The van der Waals surface area contributed by atoms with E-state index < -0.39 is 21.4 Å². The van der Waals surface area contributed by atoms with Gasteiger partial charge in [-0.25, -0.2) is 12.8 Å². The van der Waals surface area contributed by atoms with Crippen LogP contribution in [0.5, 0.6) is 5.75 Å². The van der Waals surface area contributed by atoms with E-state index in [0.717, 1.165) is 11.3 Å². The van der Waals surface area contributed by atoms with E-state index in [0.29, 0.717) is 12.4 Å². The van der Waals surface area contributed by atoms with Crippen molar-refractivity contribution in [1.29, 1.82) is 0 Å². The Kier molecular flexibility index (Phi) is 5.85. The molecule has 0 aliphatic carbocycles. The van der Waals surface area contributed by atoms with E-state index in [-0.39, 0.29) is 28.7 Å². The second-order valence-corrected chi connectivity index (χ2v) is 8.83. The first-order valence-corrected chi connectivity index (χ1v) is 11.4. The van der Waals surface area contributed by atoms with Gasteiger partial charge >= 0.3 is 0 Å². The fourth-order valence-electron chi connectivity index (χ4n) is 3.00. The van der Waals surface area contributed by atoms with Gasteiger partial charge in [0.1, 0.15) is 23.1 Å². The summed E-state index contributed by atoms with van der Waals surface area (Å²) in [7, 11) is -3.64. The number of ether oxygens (including phenoxy) is 1. The monoisotopic (exact) mass is 442 g/mol. The van der Waals surface area contributed by atoms with Gasteiger partial charge in [-0.05, 0) is 49.4 Å². The van der Waals surface area contributed by atoms with Gasteiger partial charge in [-0.15, -0.1) is 0 Å². The van der Waals surface area contributed by atoms with E-state index in [1.165, 1.54) is 24.3 Å². The van der Waals surface area contributed by atoms with Gasteiger partial charge in [-0.3, -0.25) is 0 Å². The molecule has 4 rings (SSSR count). The molecule has 4 aromatic rings. The summed E-state index contributed by atoms with van der Waals surface area (Å²) in [4.78, 5) is 4.30. The molecule has 2 heterocycles. The molecule has 2 aromatic heterocycles. The van der Waals surface area contributed by atoms with E-state index in [4.69, 9.17) is 13.7 Å². The summed E-state index contributed by atoms with van der Waals surface area (Å²) >= 11 is 0. The Morgan fingerprint density at radius 3 is 2.52 bits per heavy atom. The zero-order chi connectivity index (χ0) is 21.8. The molecule has 31 heavy (non-hydrogen) atoms. The summed E-state index contributed by atoms with van der Waals surface area (Å²) in [6.07, 6.45) is 0. The Labute approximate surface area is 178 Å². The van der Waals surface area contributed by atoms with E-state index >= 15 is 0 Å². The first kappa shape index (κ1) is 20.8. The Balaban J connectivity index is 1.47. The maximum absolute atomic E-state index is 13.8. The lowest BCUT2D eigenvalue weighted by Gasteiger charge is -2.04. The Hall–Kier alpha value is -3.46. The molecule has 9 heteroatoms. The summed E-state index contributed by atoms with van der Waals surface area (Å²) in [5.41, 5.74) is 0.851. The van der Waals surface area contributed by atoms with Crippen LogP contribution < -0.4 is 4.74 Å². The van der Waals surface area contributed by atoms with Gasteiger partial charge in [-0.1, -0.05) is 23.4 Å². The van der Waals surface area contributed by atoms with Crippen molar-refractivity contribution in [2.24, 2.45) is 0 Å². The largest absolute Gasteiger partial charge is 0.494 e. The van der Waals surface area contributed by atoms with Crippen molar-refractivity contribution in [3.8, 4) is 28.8 Å².